The number of oxazole rings is 1. The van der Waals surface area contributed by atoms with E-state index in [1.54, 1.807) is 0 Å². The first-order chi connectivity index (χ1) is 12.7. The van der Waals surface area contributed by atoms with E-state index in [-0.39, 0.29) is 0 Å². The Balaban J connectivity index is 1.48. The van der Waals surface area contributed by atoms with Crippen molar-refractivity contribution >= 4 is 17.0 Å². The lowest BCUT2D eigenvalue weighted by Gasteiger charge is -2.20. The molecule has 1 saturated carbocycles. The zero-order valence-electron chi connectivity index (χ0n) is 14.8. The van der Waals surface area contributed by atoms with Gasteiger partial charge in [0.1, 0.15) is 12.4 Å². The minimum Gasteiger partial charge on any atom is -0.422 e. The SMILES string of the molecule is CCc1nc2c(N3CCCn4nc([C@@H](O)C5CC5)cc4C3)ncnc2o1. The molecule has 1 aliphatic heterocycles. The van der Waals surface area contributed by atoms with Gasteiger partial charge >= 0.3 is 0 Å². The standard InChI is InChI=1S/C18H22N6O2/c1-2-14-21-15-17(19-10-20-18(15)26-14)23-6-3-7-24-12(9-23)8-13(22-24)16(25)11-4-5-11/h8,10-11,16,25H,2-7,9H2,1H3/t16-/m0/s1. The Hall–Kier alpha value is -2.48. The summed E-state index contributed by atoms with van der Waals surface area (Å²) in [6.45, 7) is 4.40. The van der Waals surface area contributed by atoms with Gasteiger partial charge in [-0.1, -0.05) is 6.92 Å². The summed E-state index contributed by atoms with van der Waals surface area (Å²) in [7, 11) is 0. The van der Waals surface area contributed by atoms with Crippen LogP contribution in [0.4, 0.5) is 5.82 Å². The first-order valence-corrected chi connectivity index (χ1v) is 9.33. The lowest BCUT2D eigenvalue weighted by atomic mass is 10.1. The van der Waals surface area contributed by atoms with Crippen molar-refractivity contribution in [2.45, 2.75) is 51.8 Å². The van der Waals surface area contributed by atoms with E-state index in [9.17, 15) is 5.11 Å². The molecule has 0 saturated heterocycles. The second kappa shape index (κ2) is 6.05. The second-order valence-electron chi connectivity index (χ2n) is 7.15. The van der Waals surface area contributed by atoms with E-state index in [0.29, 0.717) is 24.1 Å². The Bertz CT molecular complexity index is 944. The Labute approximate surface area is 150 Å². The predicted octanol–water partition coefficient (Wildman–Crippen LogP) is 2.23. The number of aryl methyl sites for hydroxylation is 2. The highest BCUT2D eigenvalue weighted by Crippen LogP contribution is 2.40. The fraction of sp³-hybridized carbons (Fsp3) is 0.556. The highest BCUT2D eigenvalue weighted by atomic mass is 16.4. The fourth-order valence-electron chi connectivity index (χ4n) is 3.63. The maximum absolute atomic E-state index is 10.4. The number of aliphatic hydroxyl groups is 1. The van der Waals surface area contributed by atoms with E-state index in [1.165, 1.54) is 6.33 Å². The van der Waals surface area contributed by atoms with Crippen molar-refractivity contribution < 1.29 is 9.52 Å². The Morgan fingerprint density at radius 2 is 2.19 bits per heavy atom. The maximum Gasteiger partial charge on any atom is 0.252 e. The number of rotatable bonds is 4. The molecule has 8 nitrogen and oxygen atoms in total. The summed E-state index contributed by atoms with van der Waals surface area (Å²) in [6.07, 6.45) is 4.98. The number of anilines is 1. The number of hydrogen-bond donors (Lipinski definition) is 1. The first kappa shape index (κ1) is 15.7. The van der Waals surface area contributed by atoms with Crippen molar-refractivity contribution in [3.63, 3.8) is 0 Å². The highest BCUT2D eigenvalue weighted by molar-refractivity contribution is 5.81. The van der Waals surface area contributed by atoms with Gasteiger partial charge in [0.15, 0.2) is 17.2 Å². The van der Waals surface area contributed by atoms with Crippen LogP contribution < -0.4 is 4.90 Å². The van der Waals surface area contributed by atoms with E-state index >= 15 is 0 Å². The van der Waals surface area contributed by atoms with Crippen molar-refractivity contribution in [3.05, 3.63) is 29.7 Å². The largest absolute Gasteiger partial charge is 0.422 e. The van der Waals surface area contributed by atoms with Crippen LogP contribution in [0.1, 0.15) is 49.6 Å². The normalized spacial score (nSPS) is 18.8. The van der Waals surface area contributed by atoms with Gasteiger partial charge in [0.05, 0.1) is 17.9 Å². The van der Waals surface area contributed by atoms with Crippen molar-refractivity contribution in [2.75, 3.05) is 11.4 Å². The number of aromatic nitrogens is 5. The van der Waals surface area contributed by atoms with Gasteiger partial charge in [0.2, 0.25) is 0 Å². The minimum atomic E-state index is -0.434. The van der Waals surface area contributed by atoms with E-state index in [1.807, 2.05) is 17.7 Å². The Kier molecular flexibility index (Phi) is 3.66. The summed E-state index contributed by atoms with van der Waals surface area (Å²) < 4.78 is 7.71. The van der Waals surface area contributed by atoms with Crippen LogP contribution in [0.15, 0.2) is 16.8 Å². The van der Waals surface area contributed by atoms with E-state index in [2.05, 4.69) is 25.0 Å². The summed E-state index contributed by atoms with van der Waals surface area (Å²) in [5, 5.41) is 15.1. The van der Waals surface area contributed by atoms with Crippen molar-refractivity contribution in [1.29, 1.82) is 0 Å². The molecule has 1 atom stereocenters. The van der Waals surface area contributed by atoms with Gasteiger partial charge in [-0.05, 0) is 31.2 Å². The third-order valence-corrected chi connectivity index (χ3v) is 5.23. The van der Waals surface area contributed by atoms with Crippen LogP contribution in [0, 0.1) is 5.92 Å². The molecule has 1 aliphatic carbocycles. The lowest BCUT2D eigenvalue weighted by molar-refractivity contribution is 0.148. The number of fused-ring (bicyclic) bond motifs is 2. The van der Waals surface area contributed by atoms with Crippen LogP contribution in [-0.2, 0) is 19.5 Å². The molecule has 0 radical (unpaired) electrons. The van der Waals surface area contributed by atoms with E-state index in [4.69, 9.17) is 4.42 Å². The number of nitrogens with zero attached hydrogens (tertiary/aromatic N) is 6. The van der Waals surface area contributed by atoms with E-state index in [0.717, 1.165) is 61.5 Å². The van der Waals surface area contributed by atoms with E-state index < -0.39 is 6.10 Å². The molecule has 3 aromatic heterocycles. The number of hydrogen-bond acceptors (Lipinski definition) is 7. The van der Waals surface area contributed by atoms with Crippen LogP contribution in [-0.4, -0.2) is 36.4 Å². The molecule has 2 aliphatic rings. The molecule has 0 bridgehead atoms. The molecule has 1 N–H and O–H groups in total. The maximum atomic E-state index is 10.4. The second-order valence-corrected chi connectivity index (χ2v) is 7.15. The molecule has 3 aromatic rings. The lowest BCUT2D eigenvalue weighted by Crippen LogP contribution is -2.24. The van der Waals surface area contributed by atoms with Gasteiger partial charge in [0.25, 0.3) is 5.71 Å². The molecule has 4 heterocycles. The summed E-state index contributed by atoms with van der Waals surface area (Å²) >= 11 is 0. The molecule has 8 heteroatoms. The van der Waals surface area contributed by atoms with Crippen molar-refractivity contribution in [2.24, 2.45) is 5.92 Å². The van der Waals surface area contributed by atoms with Crippen LogP contribution in [0.2, 0.25) is 0 Å². The zero-order valence-corrected chi connectivity index (χ0v) is 14.8. The molecule has 5 rings (SSSR count). The van der Waals surface area contributed by atoms with Crippen molar-refractivity contribution in [3.8, 4) is 0 Å². The molecule has 0 spiro atoms. The predicted molar refractivity (Wildman–Crippen MR) is 94.6 cm³/mol. The van der Waals surface area contributed by atoms with Gasteiger partial charge in [-0.3, -0.25) is 4.68 Å². The smallest absolute Gasteiger partial charge is 0.252 e. The van der Waals surface area contributed by atoms with Crippen LogP contribution in [0.3, 0.4) is 0 Å². The Morgan fingerprint density at radius 3 is 3.00 bits per heavy atom. The summed E-state index contributed by atoms with van der Waals surface area (Å²) in [5.41, 5.74) is 3.15. The minimum absolute atomic E-state index is 0.384. The molecule has 0 amide bonds. The zero-order chi connectivity index (χ0) is 17.7. The van der Waals surface area contributed by atoms with Crippen LogP contribution >= 0.6 is 0 Å². The molecule has 0 unspecified atom stereocenters. The van der Waals surface area contributed by atoms with Gasteiger partial charge in [0, 0.05) is 19.5 Å². The average molecular weight is 354 g/mol. The monoisotopic (exact) mass is 354 g/mol. The third kappa shape index (κ3) is 2.65. The molecule has 136 valence electrons. The quantitative estimate of drug-likeness (QED) is 0.768. The van der Waals surface area contributed by atoms with Crippen LogP contribution in [0.25, 0.3) is 11.2 Å². The number of aliphatic hydroxyl groups excluding tert-OH is 1. The Morgan fingerprint density at radius 1 is 1.31 bits per heavy atom. The van der Waals surface area contributed by atoms with Crippen molar-refractivity contribution in [1.82, 2.24) is 24.7 Å². The average Bonchev–Trinajstić information content (AvgIpc) is 3.35. The molecule has 26 heavy (non-hydrogen) atoms. The van der Waals surface area contributed by atoms with Gasteiger partial charge in [-0.15, -0.1) is 0 Å². The topological polar surface area (TPSA) is 93.1 Å². The third-order valence-electron chi connectivity index (χ3n) is 5.23. The summed E-state index contributed by atoms with van der Waals surface area (Å²) in [6, 6.07) is 2.04. The molecule has 1 fully saturated rings. The van der Waals surface area contributed by atoms with Gasteiger partial charge in [-0.25, -0.2) is 9.97 Å². The summed E-state index contributed by atoms with van der Waals surface area (Å²) in [4.78, 5) is 15.5. The molecular weight excluding hydrogens is 332 g/mol. The van der Waals surface area contributed by atoms with Gasteiger partial charge < -0.3 is 14.4 Å². The summed E-state index contributed by atoms with van der Waals surface area (Å²) in [5.74, 6) is 1.86. The van der Waals surface area contributed by atoms with Gasteiger partial charge in [-0.2, -0.15) is 10.1 Å². The molecular formula is C18H22N6O2. The molecule has 0 aromatic carbocycles. The van der Waals surface area contributed by atoms with Crippen LogP contribution in [0.5, 0.6) is 0 Å². The highest BCUT2D eigenvalue weighted by Gasteiger charge is 2.33. The first-order valence-electron chi connectivity index (χ1n) is 9.33. The fourth-order valence-corrected chi connectivity index (χ4v) is 3.63.